The largest absolute Gasteiger partial charge is 0.449 e. The first-order chi connectivity index (χ1) is 22.5. The minimum atomic E-state index is -3.67. The lowest BCUT2D eigenvalue weighted by molar-refractivity contribution is -0.213. The van der Waals surface area contributed by atoms with Crippen LogP contribution in [0.5, 0.6) is 0 Å². The summed E-state index contributed by atoms with van der Waals surface area (Å²) in [5.74, 6) is 3.25. The van der Waals surface area contributed by atoms with Crippen molar-refractivity contribution in [3.63, 3.8) is 0 Å². The van der Waals surface area contributed by atoms with Gasteiger partial charge in [0, 0.05) is 7.11 Å². The third kappa shape index (κ3) is 7.87. The van der Waals surface area contributed by atoms with Gasteiger partial charge in [0.05, 0.1) is 37.3 Å². The van der Waals surface area contributed by atoms with Crippen molar-refractivity contribution < 1.29 is 37.3 Å². The van der Waals surface area contributed by atoms with Gasteiger partial charge in [0.25, 0.3) is 0 Å². The predicted octanol–water partition coefficient (Wildman–Crippen LogP) is 7.06. The van der Waals surface area contributed by atoms with Crippen molar-refractivity contribution in [1.29, 1.82) is 0 Å². The molecule has 272 valence electrons. The highest BCUT2D eigenvalue weighted by Gasteiger charge is 2.65. The van der Waals surface area contributed by atoms with E-state index >= 15 is 0 Å². The Kier molecular flexibility index (Phi) is 12.7. The summed E-state index contributed by atoms with van der Waals surface area (Å²) in [5, 5.41) is 11.7. The summed E-state index contributed by atoms with van der Waals surface area (Å²) >= 11 is 0. The van der Waals surface area contributed by atoms with Crippen molar-refractivity contribution in [2.45, 2.75) is 141 Å². The van der Waals surface area contributed by atoms with Crippen LogP contribution < -0.4 is 4.72 Å². The van der Waals surface area contributed by atoms with Crippen LogP contribution in [0.4, 0.5) is 4.79 Å². The smallest absolute Gasteiger partial charge is 0.420 e. The van der Waals surface area contributed by atoms with Gasteiger partial charge in [-0.25, -0.2) is 17.9 Å². The average molecular weight is 684 g/mol. The molecule has 0 bridgehead atoms. The third-order valence-corrected chi connectivity index (χ3v) is 16.0. The van der Waals surface area contributed by atoms with Crippen LogP contribution in [0, 0.1) is 52.3 Å². The highest BCUT2D eigenvalue weighted by molar-refractivity contribution is 7.90. The number of fused-ring (bicyclic) bond motifs is 5. The Balaban J connectivity index is 1.15. The van der Waals surface area contributed by atoms with Gasteiger partial charge in [-0.3, -0.25) is 0 Å². The van der Waals surface area contributed by atoms with Crippen molar-refractivity contribution in [2.75, 3.05) is 33.7 Å². The Morgan fingerprint density at radius 1 is 0.936 bits per heavy atom. The average Bonchev–Trinajstić information content (AvgIpc) is 3.41. The highest BCUT2D eigenvalue weighted by atomic mass is 32.2. The Morgan fingerprint density at radius 3 is 2.38 bits per heavy atom. The van der Waals surface area contributed by atoms with Crippen molar-refractivity contribution in [2.24, 2.45) is 52.3 Å². The van der Waals surface area contributed by atoms with Crippen LogP contribution in [0.15, 0.2) is 0 Å². The number of hydrogen-bond donors (Lipinski definition) is 2. The molecule has 9 nitrogen and oxygen atoms in total. The lowest BCUT2D eigenvalue weighted by Gasteiger charge is -2.65. The Bertz CT molecular complexity index is 1130. The third-order valence-electron chi connectivity index (χ3n) is 14.2. The van der Waals surface area contributed by atoms with Gasteiger partial charge in [-0.1, -0.05) is 53.4 Å². The molecule has 5 fully saturated rings. The van der Waals surface area contributed by atoms with Crippen LogP contribution >= 0.6 is 0 Å². The lowest BCUT2D eigenvalue weighted by atomic mass is 9.41. The van der Waals surface area contributed by atoms with E-state index in [1.165, 1.54) is 25.7 Å². The number of ether oxygens (including phenoxy) is 4. The molecule has 5 aliphatic carbocycles. The van der Waals surface area contributed by atoms with Crippen LogP contribution in [0.3, 0.4) is 0 Å². The first kappa shape index (κ1) is 37.3. The van der Waals surface area contributed by atoms with E-state index in [9.17, 15) is 18.3 Å². The van der Waals surface area contributed by atoms with Gasteiger partial charge in [0.15, 0.2) is 0 Å². The first-order valence-corrected chi connectivity index (χ1v) is 20.6. The number of nitrogens with one attached hydrogen (secondary N) is 1. The summed E-state index contributed by atoms with van der Waals surface area (Å²) in [6.07, 6.45) is 13.8. The number of hydrogen-bond acceptors (Lipinski definition) is 8. The summed E-state index contributed by atoms with van der Waals surface area (Å²) < 4.78 is 49.6. The van der Waals surface area contributed by atoms with Gasteiger partial charge < -0.3 is 24.1 Å². The molecule has 0 radical (unpaired) electrons. The quantitative estimate of drug-likeness (QED) is 0.148. The molecule has 0 aromatic rings. The van der Waals surface area contributed by atoms with Gasteiger partial charge >= 0.3 is 6.09 Å². The topological polar surface area (TPSA) is 120 Å². The molecule has 1 amide bonds. The molecule has 0 aromatic heterocycles. The summed E-state index contributed by atoms with van der Waals surface area (Å²) in [6, 6.07) is 0. The number of carbonyl (C=O) groups is 1. The van der Waals surface area contributed by atoms with Gasteiger partial charge in [-0.2, -0.15) is 0 Å². The van der Waals surface area contributed by atoms with Gasteiger partial charge in [0.1, 0.15) is 6.79 Å². The van der Waals surface area contributed by atoms with Crippen LogP contribution in [0.25, 0.3) is 0 Å². The number of aliphatic hydroxyl groups is 1. The van der Waals surface area contributed by atoms with Crippen molar-refractivity contribution in [1.82, 2.24) is 4.72 Å². The number of aliphatic hydroxyl groups excluding tert-OH is 1. The molecule has 0 spiro atoms. The van der Waals surface area contributed by atoms with E-state index in [1.54, 1.807) is 7.11 Å². The number of sulfonamides is 1. The Hall–Kier alpha value is -0.940. The molecule has 2 N–H and O–H groups in total. The molecule has 11 atom stereocenters. The molecule has 5 aliphatic rings. The van der Waals surface area contributed by atoms with Crippen LogP contribution in [-0.2, 0) is 29.0 Å². The van der Waals surface area contributed by atoms with E-state index in [1.807, 2.05) is 0 Å². The van der Waals surface area contributed by atoms with Crippen molar-refractivity contribution in [3.05, 3.63) is 0 Å². The zero-order valence-electron chi connectivity index (χ0n) is 29.9. The summed E-state index contributed by atoms with van der Waals surface area (Å²) in [4.78, 5) is 12.3. The minimum Gasteiger partial charge on any atom is -0.449 e. The zero-order valence-corrected chi connectivity index (χ0v) is 30.7. The van der Waals surface area contributed by atoms with Crippen molar-refractivity contribution in [3.8, 4) is 0 Å². The minimum absolute atomic E-state index is 0.190. The molecule has 10 heteroatoms. The van der Waals surface area contributed by atoms with Crippen molar-refractivity contribution >= 4 is 16.1 Å². The van der Waals surface area contributed by atoms with Crippen LogP contribution in [0.1, 0.15) is 124 Å². The Morgan fingerprint density at radius 2 is 1.66 bits per heavy atom. The monoisotopic (exact) mass is 683 g/mol. The summed E-state index contributed by atoms with van der Waals surface area (Å²) in [6.45, 7) is 11.3. The molecule has 0 aliphatic heterocycles. The maximum absolute atomic E-state index is 12.6. The number of methoxy groups -OCH3 is 1. The maximum atomic E-state index is 12.6. The molecular formula is C37H65NO8S. The molecule has 0 aromatic carbocycles. The molecular weight excluding hydrogens is 618 g/mol. The molecule has 47 heavy (non-hydrogen) atoms. The molecule has 5 rings (SSSR count). The maximum Gasteiger partial charge on any atom is 0.420 e. The van der Waals surface area contributed by atoms with E-state index < -0.39 is 21.4 Å². The molecule has 0 heterocycles. The van der Waals surface area contributed by atoms with E-state index in [2.05, 4.69) is 32.4 Å². The Labute approximate surface area is 285 Å². The zero-order chi connectivity index (χ0) is 33.8. The number of carbonyl (C=O) groups excluding carboxylic acids is 1. The lowest BCUT2D eigenvalue weighted by Crippen LogP contribution is -2.62. The molecule has 5 saturated carbocycles. The standard InChI is InChI=1S/C37H65NO8S/c1-6-28-32-23-26(46-24-44-22-21-43-5)16-18-37(32,4)31-17-19-36(3)29(14-15-30(36)33(31)34(28)39)25(2)11-10-20-45-35(40)38-47(41,42)27-12-8-7-9-13-27/h25-34,39H,6-24H2,1-5H3,(H,38,40)/t25-,26-,28-,29-,30+,31+,32?,33+,34-,36?,37-/m1/s1. The molecule has 0 saturated heterocycles. The van der Waals surface area contributed by atoms with E-state index in [-0.39, 0.29) is 29.6 Å². The van der Waals surface area contributed by atoms with E-state index in [4.69, 9.17) is 18.9 Å². The van der Waals surface area contributed by atoms with Crippen LogP contribution in [-0.4, -0.2) is 70.8 Å². The summed E-state index contributed by atoms with van der Waals surface area (Å²) in [5.41, 5.74) is 0.434. The highest BCUT2D eigenvalue weighted by Crippen LogP contribution is 2.69. The normalized spacial score (nSPS) is 39.8. The van der Waals surface area contributed by atoms with Gasteiger partial charge in [-0.05, 0) is 123 Å². The van der Waals surface area contributed by atoms with Gasteiger partial charge in [0.2, 0.25) is 10.0 Å². The fraction of sp³-hybridized carbons (Fsp3) is 0.973. The van der Waals surface area contributed by atoms with E-state index in [0.717, 1.165) is 57.8 Å². The predicted molar refractivity (Wildman–Crippen MR) is 182 cm³/mol. The summed E-state index contributed by atoms with van der Waals surface area (Å²) in [7, 11) is -2.00. The fourth-order valence-corrected chi connectivity index (χ4v) is 13.2. The van der Waals surface area contributed by atoms with Crippen LogP contribution in [0.2, 0.25) is 0 Å². The number of rotatable bonds is 14. The first-order valence-electron chi connectivity index (χ1n) is 19.0. The second-order valence-corrected chi connectivity index (χ2v) is 18.4. The number of amides is 1. The van der Waals surface area contributed by atoms with Gasteiger partial charge in [-0.15, -0.1) is 0 Å². The SMILES string of the molecule is CC[C@@H]1C2C[C@H](OCOCCOC)CC[C@]2(C)[C@H]2CCC3(C)[C@@H]([C@H](C)CCCOC(=O)NS(=O)(=O)C4CCCCC4)CC[C@H]3[C@@H]2[C@@H]1O. The second-order valence-electron chi connectivity index (χ2n) is 16.4. The fourth-order valence-electron chi connectivity index (χ4n) is 11.8. The molecule has 2 unspecified atom stereocenters. The second kappa shape index (κ2) is 15.9. The van der Waals surface area contributed by atoms with E-state index in [0.29, 0.717) is 74.3 Å².